The third kappa shape index (κ3) is 3.92. The summed E-state index contributed by atoms with van der Waals surface area (Å²) in [6.45, 7) is 4.25. The second kappa shape index (κ2) is 7.32. The number of hydrogen-bond donors (Lipinski definition) is 2. The van der Waals surface area contributed by atoms with Gasteiger partial charge in [0.15, 0.2) is 5.82 Å². The van der Waals surface area contributed by atoms with E-state index in [1.807, 2.05) is 6.07 Å². The third-order valence-corrected chi connectivity index (χ3v) is 4.34. The van der Waals surface area contributed by atoms with E-state index < -0.39 is 0 Å². The highest BCUT2D eigenvalue weighted by atomic mass is 16.1. The highest BCUT2D eigenvalue weighted by Gasteiger charge is 2.22. The quantitative estimate of drug-likeness (QED) is 0.876. The van der Waals surface area contributed by atoms with Gasteiger partial charge in [0.2, 0.25) is 5.91 Å². The number of hydrogen-bond acceptors (Lipinski definition) is 5. The maximum absolute atomic E-state index is 12.4. The standard InChI is InChI=1S/C16H22N6O/c1-12(13-4-2-6-17-9-13)8-15(23)21-14-5-3-7-19-16(14)22-11-18-10-20-22/h3,5,7,10-13,17H,2,4,6,8-9H2,1H3,(H,21,23). The summed E-state index contributed by atoms with van der Waals surface area (Å²) in [5.74, 6) is 1.51. The number of nitrogens with one attached hydrogen (secondary N) is 2. The van der Waals surface area contributed by atoms with Crippen molar-refractivity contribution in [1.29, 1.82) is 0 Å². The van der Waals surface area contributed by atoms with E-state index in [1.165, 1.54) is 19.2 Å². The van der Waals surface area contributed by atoms with Crippen LogP contribution in [0.2, 0.25) is 0 Å². The minimum absolute atomic E-state index is 0.0115. The Morgan fingerprint density at radius 2 is 2.48 bits per heavy atom. The van der Waals surface area contributed by atoms with Gasteiger partial charge in [-0.25, -0.2) is 14.6 Å². The zero-order valence-electron chi connectivity index (χ0n) is 13.3. The zero-order chi connectivity index (χ0) is 16.1. The molecule has 7 nitrogen and oxygen atoms in total. The second-order valence-electron chi connectivity index (χ2n) is 6.05. The number of carbonyl (C=O) groups is 1. The van der Waals surface area contributed by atoms with Crippen molar-refractivity contribution in [2.24, 2.45) is 11.8 Å². The summed E-state index contributed by atoms with van der Waals surface area (Å²) >= 11 is 0. The Hall–Kier alpha value is -2.28. The number of pyridine rings is 1. The molecule has 0 aromatic carbocycles. The molecule has 3 heterocycles. The lowest BCUT2D eigenvalue weighted by Crippen LogP contribution is -2.34. The molecule has 1 saturated heterocycles. The lowest BCUT2D eigenvalue weighted by molar-refractivity contribution is -0.117. The van der Waals surface area contributed by atoms with Crippen molar-refractivity contribution in [2.45, 2.75) is 26.2 Å². The minimum atomic E-state index is 0.0115. The van der Waals surface area contributed by atoms with Crippen molar-refractivity contribution in [2.75, 3.05) is 18.4 Å². The molecule has 1 aliphatic rings. The molecule has 122 valence electrons. The average molecular weight is 314 g/mol. The summed E-state index contributed by atoms with van der Waals surface area (Å²) in [7, 11) is 0. The Labute approximate surface area is 135 Å². The van der Waals surface area contributed by atoms with E-state index >= 15 is 0 Å². The van der Waals surface area contributed by atoms with E-state index in [2.05, 4.69) is 32.6 Å². The second-order valence-corrected chi connectivity index (χ2v) is 6.05. The summed E-state index contributed by atoms with van der Waals surface area (Å²) in [6.07, 6.45) is 7.57. The molecule has 0 radical (unpaired) electrons. The number of aromatic nitrogens is 4. The summed E-state index contributed by atoms with van der Waals surface area (Å²) < 4.78 is 1.55. The zero-order valence-corrected chi connectivity index (χ0v) is 13.3. The minimum Gasteiger partial charge on any atom is -0.323 e. The topological polar surface area (TPSA) is 84.7 Å². The highest BCUT2D eigenvalue weighted by molar-refractivity contribution is 5.92. The van der Waals surface area contributed by atoms with Crippen LogP contribution in [-0.4, -0.2) is 38.7 Å². The molecule has 2 N–H and O–H groups in total. The van der Waals surface area contributed by atoms with Gasteiger partial charge >= 0.3 is 0 Å². The fourth-order valence-corrected chi connectivity index (χ4v) is 3.02. The number of carbonyl (C=O) groups excluding carboxylic acids is 1. The molecule has 1 fully saturated rings. The van der Waals surface area contributed by atoms with Crippen LogP contribution in [0.5, 0.6) is 0 Å². The molecule has 2 unspecified atom stereocenters. The maximum atomic E-state index is 12.4. The lowest BCUT2D eigenvalue weighted by Gasteiger charge is -2.28. The maximum Gasteiger partial charge on any atom is 0.224 e. The Morgan fingerprint density at radius 3 is 3.22 bits per heavy atom. The Bertz CT molecular complexity index is 636. The predicted octanol–water partition coefficient (Wildman–Crippen LogP) is 1.63. The number of anilines is 1. The summed E-state index contributed by atoms with van der Waals surface area (Å²) in [4.78, 5) is 20.6. The number of nitrogens with zero attached hydrogens (tertiary/aromatic N) is 4. The molecule has 0 saturated carbocycles. The first-order valence-electron chi connectivity index (χ1n) is 8.04. The highest BCUT2D eigenvalue weighted by Crippen LogP contribution is 2.23. The largest absolute Gasteiger partial charge is 0.323 e. The Balaban J connectivity index is 1.64. The number of rotatable bonds is 5. The van der Waals surface area contributed by atoms with Crippen LogP contribution in [0.25, 0.3) is 5.82 Å². The van der Waals surface area contributed by atoms with E-state index in [0.29, 0.717) is 29.8 Å². The van der Waals surface area contributed by atoms with Crippen molar-refractivity contribution < 1.29 is 4.79 Å². The molecular formula is C16H22N6O. The molecule has 7 heteroatoms. The molecule has 1 aliphatic heterocycles. The first kappa shape index (κ1) is 15.6. The Kier molecular flexibility index (Phi) is 4.97. The summed E-state index contributed by atoms with van der Waals surface area (Å²) in [5, 5.41) is 10.4. The fourth-order valence-electron chi connectivity index (χ4n) is 3.02. The van der Waals surface area contributed by atoms with Gasteiger partial charge in [0, 0.05) is 12.6 Å². The van der Waals surface area contributed by atoms with E-state index in [9.17, 15) is 4.79 Å². The van der Waals surface area contributed by atoms with Gasteiger partial charge in [0.25, 0.3) is 0 Å². The SMILES string of the molecule is CC(CC(=O)Nc1cccnc1-n1cncn1)C1CCCNC1. The van der Waals surface area contributed by atoms with Crippen molar-refractivity contribution in [3.63, 3.8) is 0 Å². The van der Waals surface area contributed by atoms with Crippen LogP contribution in [0, 0.1) is 11.8 Å². The molecule has 2 atom stereocenters. The van der Waals surface area contributed by atoms with E-state index in [0.717, 1.165) is 13.1 Å². The first-order valence-corrected chi connectivity index (χ1v) is 8.04. The molecule has 1 amide bonds. The van der Waals surface area contributed by atoms with Gasteiger partial charge < -0.3 is 10.6 Å². The molecule has 2 aromatic rings. The monoisotopic (exact) mass is 314 g/mol. The molecule has 2 aromatic heterocycles. The summed E-state index contributed by atoms with van der Waals surface area (Å²) in [6, 6.07) is 3.62. The normalized spacial score (nSPS) is 19.3. The molecule has 23 heavy (non-hydrogen) atoms. The molecule has 0 spiro atoms. The van der Waals surface area contributed by atoms with Gasteiger partial charge in [0.05, 0.1) is 5.69 Å². The van der Waals surface area contributed by atoms with Crippen molar-refractivity contribution in [3.8, 4) is 5.82 Å². The number of amides is 1. The van der Waals surface area contributed by atoms with Crippen molar-refractivity contribution in [3.05, 3.63) is 31.0 Å². The van der Waals surface area contributed by atoms with Gasteiger partial charge in [0.1, 0.15) is 12.7 Å². The molecular weight excluding hydrogens is 292 g/mol. The molecule has 3 rings (SSSR count). The molecule has 0 bridgehead atoms. The fraction of sp³-hybridized carbons (Fsp3) is 0.500. The van der Waals surface area contributed by atoms with Crippen molar-refractivity contribution in [1.82, 2.24) is 25.1 Å². The van der Waals surface area contributed by atoms with Crippen LogP contribution < -0.4 is 10.6 Å². The van der Waals surface area contributed by atoms with Gasteiger partial charge in [-0.2, -0.15) is 5.10 Å². The van der Waals surface area contributed by atoms with Crippen LogP contribution in [0.3, 0.4) is 0 Å². The predicted molar refractivity (Wildman–Crippen MR) is 87.2 cm³/mol. The van der Waals surface area contributed by atoms with E-state index in [4.69, 9.17) is 0 Å². The number of piperidine rings is 1. The van der Waals surface area contributed by atoms with Crippen LogP contribution in [0.15, 0.2) is 31.0 Å². The van der Waals surface area contributed by atoms with E-state index in [1.54, 1.807) is 23.3 Å². The first-order chi connectivity index (χ1) is 11.2. The van der Waals surface area contributed by atoms with Gasteiger partial charge in [-0.3, -0.25) is 4.79 Å². The van der Waals surface area contributed by atoms with Gasteiger partial charge in [-0.15, -0.1) is 0 Å². The van der Waals surface area contributed by atoms with E-state index in [-0.39, 0.29) is 5.91 Å². The Morgan fingerprint density at radius 1 is 1.57 bits per heavy atom. The van der Waals surface area contributed by atoms with Crippen LogP contribution >= 0.6 is 0 Å². The van der Waals surface area contributed by atoms with Crippen LogP contribution in [0.1, 0.15) is 26.2 Å². The lowest BCUT2D eigenvalue weighted by atomic mass is 9.85. The van der Waals surface area contributed by atoms with Crippen LogP contribution in [-0.2, 0) is 4.79 Å². The average Bonchev–Trinajstić information content (AvgIpc) is 3.10. The third-order valence-electron chi connectivity index (χ3n) is 4.34. The van der Waals surface area contributed by atoms with Gasteiger partial charge in [-0.05, 0) is 49.9 Å². The summed E-state index contributed by atoms with van der Waals surface area (Å²) in [5.41, 5.74) is 0.650. The molecule has 0 aliphatic carbocycles. The van der Waals surface area contributed by atoms with Crippen LogP contribution in [0.4, 0.5) is 5.69 Å². The smallest absolute Gasteiger partial charge is 0.224 e. The van der Waals surface area contributed by atoms with Crippen molar-refractivity contribution >= 4 is 11.6 Å². The van der Waals surface area contributed by atoms with Gasteiger partial charge in [-0.1, -0.05) is 6.92 Å².